The van der Waals surface area contributed by atoms with E-state index in [1.54, 1.807) is 13.8 Å². The average molecular weight is 305 g/mol. The number of ether oxygens (including phenoxy) is 1. The third-order valence-electron chi connectivity index (χ3n) is 3.15. The van der Waals surface area contributed by atoms with E-state index >= 15 is 0 Å². The predicted octanol–water partition coefficient (Wildman–Crippen LogP) is 2.86. The van der Waals surface area contributed by atoms with Gasteiger partial charge in [0.1, 0.15) is 18.1 Å². The van der Waals surface area contributed by atoms with Crippen LogP contribution in [0.5, 0.6) is 11.5 Å². The van der Waals surface area contributed by atoms with E-state index in [0.717, 1.165) is 6.07 Å². The van der Waals surface area contributed by atoms with Gasteiger partial charge in [-0.1, -0.05) is 13.8 Å². The predicted molar refractivity (Wildman–Crippen MR) is 78.6 cm³/mol. The van der Waals surface area contributed by atoms with Crippen LogP contribution in [0.1, 0.15) is 19.4 Å². The lowest BCUT2D eigenvalue weighted by Crippen LogP contribution is -2.12. The standard InChI is InChI=1S/C15H15NO6/c1-8(2)15(19)22-7-10-3-9-4-11(17)5-14(18)12(9)6-13(10)16(20)21/h3-6,8,17-18H,7H2,1-2H3. The molecule has 0 aliphatic carbocycles. The Morgan fingerprint density at radius 2 is 1.95 bits per heavy atom. The Labute approximate surface area is 125 Å². The summed E-state index contributed by atoms with van der Waals surface area (Å²) in [4.78, 5) is 22.0. The lowest BCUT2D eigenvalue weighted by molar-refractivity contribution is -0.385. The summed E-state index contributed by atoms with van der Waals surface area (Å²) in [5.41, 5.74) is -0.0680. The van der Waals surface area contributed by atoms with Crippen LogP contribution >= 0.6 is 0 Å². The van der Waals surface area contributed by atoms with Crippen molar-refractivity contribution < 1.29 is 24.7 Å². The first-order chi connectivity index (χ1) is 10.3. The molecule has 0 unspecified atom stereocenters. The van der Waals surface area contributed by atoms with Crippen molar-refractivity contribution in [3.63, 3.8) is 0 Å². The summed E-state index contributed by atoms with van der Waals surface area (Å²) in [6.45, 7) is 3.07. The van der Waals surface area contributed by atoms with Gasteiger partial charge in [-0.2, -0.15) is 0 Å². The van der Waals surface area contributed by atoms with Crippen LogP contribution in [-0.2, 0) is 16.1 Å². The fourth-order valence-corrected chi connectivity index (χ4v) is 2.01. The number of nitro benzene ring substituents is 1. The molecule has 0 amide bonds. The molecule has 7 heteroatoms. The van der Waals surface area contributed by atoms with Crippen molar-refractivity contribution in [2.75, 3.05) is 0 Å². The molecule has 0 aromatic heterocycles. The van der Waals surface area contributed by atoms with Gasteiger partial charge in [-0.3, -0.25) is 14.9 Å². The number of phenols is 2. The summed E-state index contributed by atoms with van der Waals surface area (Å²) in [7, 11) is 0. The molecule has 2 rings (SSSR count). The summed E-state index contributed by atoms with van der Waals surface area (Å²) < 4.78 is 5.02. The van der Waals surface area contributed by atoms with Crippen LogP contribution in [0.3, 0.4) is 0 Å². The molecular formula is C15H15NO6. The highest BCUT2D eigenvalue weighted by molar-refractivity contribution is 5.92. The van der Waals surface area contributed by atoms with Crippen LogP contribution in [0, 0.1) is 16.0 Å². The maximum atomic E-state index is 11.5. The molecule has 22 heavy (non-hydrogen) atoms. The molecular weight excluding hydrogens is 290 g/mol. The molecule has 0 radical (unpaired) electrons. The van der Waals surface area contributed by atoms with Crippen LogP contribution in [0.2, 0.25) is 0 Å². The van der Waals surface area contributed by atoms with Crippen molar-refractivity contribution in [1.29, 1.82) is 0 Å². The Hall–Kier alpha value is -2.83. The van der Waals surface area contributed by atoms with Crippen molar-refractivity contribution in [3.8, 4) is 11.5 Å². The number of nitrogens with zero attached hydrogens (tertiary/aromatic N) is 1. The van der Waals surface area contributed by atoms with Gasteiger partial charge in [0, 0.05) is 17.5 Å². The van der Waals surface area contributed by atoms with Gasteiger partial charge < -0.3 is 14.9 Å². The second-order valence-electron chi connectivity index (χ2n) is 5.19. The van der Waals surface area contributed by atoms with Crippen molar-refractivity contribution >= 4 is 22.4 Å². The van der Waals surface area contributed by atoms with Crippen molar-refractivity contribution in [1.82, 2.24) is 0 Å². The summed E-state index contributed by atoms with van der Waals surface area (Å²) in [5, 5.41) is 31.1. The van der Waals surface area contributed by atoms with Gasteiger partial charge in [-0.05, 0) is 17.5 Å². The third-order valence-corrected chi connectivity index (χ3v) is 3.15. The highest BCUT2D eigenvalue weighted by atomic mass is 16.6. The van der Waals surface area contributed by atoms with Gasteiger partial charge >= 0.3 is 5.97 Å². The number of phenolic OH excluding ortho intramolecular Hbond substituents is 2. The van der Waals surface area contributed by atoms with E-state index in [9.17, 15) is 25.1 Å². The van der Waals surface area contributed by atoms with Crippen LogP contribution < -0.4 is 0 Å². The molecule has 0 aliphatic heterocycles. The van der Waals surface area contributed by atoms with Gasteiger partial charge in [-0.25, -0.2) is 0 Å². The van der Waals surface area contributed by atoms with E-state index in [1.165, 1.54) is 18.2 Å². The average Bonchev–Trinajstić information content (AvgIpc) is 2.43. The molecule has 0 aliphatic rings. The van der Waals surface area contributed by atoms with Crippen molar-refractivity contribution in [2.45, 2.75) is 20.5 Å². The number of carbonyl (C=O) groups excluding carboxylic acids is 1. The van der Waals surface area contributed by atoms with E-state index in [4.69, 9.17) is 4.74 Å². The molecule has 0 heterocycles. The van der Waals surface area contributed by atoms with Crippen molar-refractivity contribution in [2.24, 2.45) is 5.92 Å². The molecule has 2 aromatic rings. The number of aromatic hydroxyl groups is 2. The topological polar surface area (TPSA) is 110 Å². The monoisotopic (exact) mass is 305 g/mol. The Morgan fingerprint density at radius 3 is 2.55 bits per heavy atom. The zero-order chi connectivity index (χ0) is 16.4. The van der Waals surface area contributed by atoms with E-state index in [1.807, 2.05) is 0 Å². The highest BCUT2D eigenvalue weighted by Crippen LogP contribution is 2.34. The summed E-state index contributed by atoms with van der Waals surface area (Å²) in [5.74, 6) is -1.23. The van der Waals surface area contributed by atoms with Crippen LogP contribution in [0.15, 0.2) is 24.3 Å². The maximum Gasteiger partial charge on any atom is 0.308 e. The summed E-state index contributed by atoms with van der Waals surface area (Å²) in [6.07, 6.45) is 0. The fourth-order valence-electron chi connectivity index (χ4n) is 2.01. The number of hydrogen-bond acceptors (Lipinski definition) is 6. The Bertz CT molecular complexity index is 753. The number of benzene rings is 2. The number of esters is 1. The number of rotatable bonds is 4. The highest BCUT2D eigenvalue weighted by Gasteiger charge is 2.19. The number of carbonyl (C=O) groups is 1. The van der Waals surface area contributed by atoms with Gasteiger partial charge in [0.05, 0.1) is 16.4 Å². The molecule has 0 fully saturated rings. The van der Waals surface area contributed by atoms with E-state index in [0.29, 0.717) is 5.39 Å². The zero-order valence-corrected chi connectivity index (χ0v) is 12.1. The molecule has 116 valence electrons. The first kappa shape index (κ1) is 15.6. The second kappa shape index (κ2) is 5.88. The first-order valence-electron chi connectivity index (χ1n) is 6.59. The molecule has 0 saturated carbocycles. The molecule has 0 spiro atoms. The van der Waals surface area contributed by atoms with Gasteiger partial charge in [-0.15, -0.1) is 0 Å². The Morgan fingerprint density at radius 1 is 1.27 bits per heavy atom. The molecule has 0 atom stereocenters. The summed E-state index contributed by atoms with van der Waals surface area (Å²) in [6, 6.07) is 5.08. The normalized spacial score (nSPS) is 10.9. The van der Waals surface area contributed by atoms with E-state index in [2.05, 4.69) is 0 Å². The van der Waals surface area contributed by atoms with Gasteiger partial charge in [0.25, 0.3) is 5.69 Å². The minimum atomic E-state index is -0.607. The van der Waals surface area contributed by atoms with Crippen LogP contribution in [0.4, 0.5) is 5.69 Å². The Balaban J connectivity index is 2.49. The molecule has 7 nitrogen and oxygen atoms in total. The van der Waals surface area contributed by atoms with Crippen LogP contribution in [0.25, 0.3) is 10.8 Å². The molecule has 0 saturated heterocycles. The second-order valence-corrected chi connectivity index (χ2v) is 5.19. The summed E-state index contributed by atoms with van der Waals surface area (Å²) >= 11 is 0. The molecule has 2 aromatic carbocycles. The first-order valence-corrected chi connectivity index (χ1v) is 6.59. The number of fused-ring (bicyclic) bond motifs is 1. The maximum absolute atomic E-state index is 11.5. The third kappa shape index (κ3) is 3.08. The number of hydrogen-bond donors (Lipinski definition) is 2. The van der Waals surface area contributed by atoms with Crippen LogP contribution in [-0.4, -0.2) is 21.1 Å². The van der Waals surface area contributed by atoms with Gasteiger partial charge in [0.15, 0.2) is 0 Å². The lowest BCUT2D eigenvalue weighted by atomic mass is 10.0. The minimum Gasteiger partial charge on any atom is -0.508 e. The minimum absolute atomic E-state index is 0.163. The fraction of sp³-hybridized carbons (Fsp3) is 0.267. The number of nitro groups is 1. The zero-order valence-electron chi connectivity index (χ0n) is 12.1. The lowest BCUT2D eigenvalue weighted by Gasteiger charge is -2.09. The Kier molecular flexibility index (Phi) is 4.16. The molecule has 0 bridgehead atoms. The van der Waals surface area contributed by atoms with Crippen molar-refractivity contribution in [3.05, 3.63) is 39.9 Å². The van der Waals surface area contributed by atoms with Gasteiger partial charge in [0.2, 0.25) is 0 Å². The van der Waals surface area contributed by atoms with E-state index in [-0.39, 0.29) is 40.7 Å². The molecule has 2 N–H and O–H groups in total. The van der Waals surface area contributed by atoms with E-state index < -0.39 is 10.9 Å². The quantitative estimate of drug-likeness (QED) is 0.510. The largest absolute Gasteiger partial charge is 0.508 e. The SMILES string of the molecule is CC(C)C(=O)OCc1cc2cc(O)cc(O)c2cc1[N+](=O)[O-]. The smallest absolute Gasteiger partial charge is 0.308 e.